The van der Waals surface area contributed by atoms with Crippen LogP contribution < -0.4 is 5.69 Å². The fraction of sp³-hybridized carbons (Fsp3) is 0.750. The van der Waals surface area contributed by atoms with Crippen LogP contribution in [0, 0.1) is 17.8 Å². The number of rotatable bonds is 5. The number of hydrogen-bond donors (Lipinski definition) is 1. The summed E-state index contributed by atoms with van der Waals surface area (Å²) in [5, 5.41) is 0. The number of carbonyl (C=O) groups excluding carboxylic acids is 1. The van der Waals surface area contributed by atoms with E-state index in [0.717, 1.165) is 37.7 Å². The molecule has 1 aliphatic carbocycles. The third-order valence-corrected chi connectivity index (χ3v) is 5.95. The van der Waals surface area contributed by atoms with E-state index >= 15 is 0 Å². The van der Waals surface area contributed by atoms with Gasteiger partial charge >= 0.3 is 5.69 Å². The highest BCUT2D eigenvalue weighted by molar-refractivity contribution is 5.92. The van der Waals surface area contributed by atoms with Crippen molar-refractivity contribution in [3.8, 4) is 0 Å². The quantitative estimate of drug-likeness (QED) is 0.873. The van der Waals surface area contributed by atoms with Gasteiger partial charge in [0.2, 0.25) is 0 Å². The van der Waals surface area contributed by atoms with Gasteiger partial charge in [-0.1, -0.05) is 13.8 Å². The first kappa shape index (κ1) is 17.7. The molecule has 2 atom stereocenters. The second kappa shape index (κ2) is 7.14. The predicted octanol–water partition coefficient (Wildman–Crippen LogP) is 1.91. The lowest BCUT2D eigenvalue weighted by Crippen LogP contribution is -2.45. The van der Waals surface area contributed by atoms with E-state index in [1.807, 2.05) is 4.90 Å². The smallest absolute Gasteiger partial charge is 0.335 e. The lowest BCUT2D eigenvalue weighted by molar-refractivity contribution is 0.0730. The van der Waals surface area contributed by atoms with Gasteiger partial charge in [0, 0.05) is 37.9 Å². The van der Waals surface area contributed by atoms with E-state index in [-0.39, 0.29) is 5.91 Å². The van der Waals surface area contributed by atoms with Gasteiger partial charge in [-0.25, -0.2) is 4.79 Å². The van der Waals surface area contributed by atoms with E-state index in [1.54, 1.807) is 6.07 Å². The van der Waals surface area contributed by atoms with E-state index in [1.165, 1.54) is 32.2 Å². The van der Waals surface area contributed by atoms with Gasteiger partial charge in [0.1, 0.15) is 5.69 Å². The predicted molar refractivity (Wildman–Crippen MR) is 100 cm³/mol. The molecular weight excluding hydrogens is 328 g/mol. The van der Waals surface area contributed by atoms with Crippen LogP contribution in [0.3, 0.4) is 0 Å². The monoisotopic (exact) mass is 358 g/mol. The van der Waals surface area contributed by atoms with Crippen molar-refractivity contribution in [1.29, 1.82) is 0 Å². The fourth-order valence-electron chi connectivity index (χ4n) is 4.53. The second-order valence-corrected chi connectivity index (χ2v) is 8.90. The Hall–Kier alpha value is -1.69. The minimum absolute atomic E-state index is 0.0775. The van der Waals surface area contributed by atoms with Crippen LogP contribution in [0.25, 0.3) is 0 Å². The largest absolute Gasteiger partial charge is 0.345 e. The summed E-state index contributed by atoms with van der Waals surface area (Å²) in [6.07, 6.45) is 5.87. The molecule has 1 aromatic rings. The first-order valence-corrected chi connectivity index (χ1v) is 10.1. The summed E-state index contributed by atoms with van der Waals surface area (Å²) in [6.45, 7) is 8.08. The number of piperidine rings is 1. The molecule has 5 rings (SSSR count). The van der Waals surface area contributed by atoms with Crippen LogP contribution in [0.5, 0.6) is 0 Å². The fourth-order valence-corrected chi connectivity index (χ4v) is 4.53. The Morgan fingerprint density at radius 2 is 2.04 bits per heavy atom. The van der Waals surface area contributed by atoms with Crippen LogP contribution in [0.2, 0.25) is 0 Å². The third kappa shape index (κ3) is 4.00. The minimum atomic E-state index is -0.417. The Morgan fingerprint density at radius 3 is 2.77 bits per heavy atom. The van der Waals surface area contributed by atoms with Crippen molar-refractivity contribution in [1.82, 2.24) is 19.8 Å². The SMILES string of the molecule is CC(C)Cc1cc(C(=O)N2C[C@@H]3CC[C@H](C2)N(CC2CC2)C3)nc(=O)[nH]1. The number of aromatic amines is 1. The third-order valence-electron chi connectivity index (χ3n) is 5.95. The summed E-state index contributed by atoms with van der Waals surface area (Å²) in [7, 11) is 0. The van der Waals surface area contributed by atoms with Gasteiger partial charge in [-0.15, -0.1) is 0 Å². The summed E-state index contributed by atoms with van der Waals surface area (Å²) < 4.78 is 0. The van der Waals surface area contributed by atoms with E-state index < -0.39 is 5.69 Å². The molecule has 142 valence electrons. The maximum Gasteiger partial charge on any atom is 0.345 e. The van der Waals surface area contributed by atoms with Crippen LogP contribution in [0.15, 0.2) is 10.9 Å². The normalized spacial score (nSPS) is 26.3. The topological polar surface area (TPSA) is 69.3 Å². The van der Waals surface area contributed by atoms with Crippen LogP contribution in [0.4, 0.5) is 0 Å². The molecule has 1 amide bonds. The molecule has 0 aromatic carbocycles. The zero-order chi connectivity index (χ0) is 18.3. The standard InChI is InChI=1S/C20H30N4O2/c1-13(2)7-16-8-18(22-20(26)21-16)19(25)24-11-15-5-6-17(12-24)23(10-15)9-14-3-4-14/h8,13-15,17H,3-7,9-12H2,1-2H3,(H,21,22,26)/t15-,17-/m1/s1. The van der Waals surface area contributed by atoms with Crippen molar-refractivity contribution in [3.05, 3.63) is 27.9 Å². The van der Waals surface area contributed by atoms with Crippen LogP contribution >= 0.6 is 0 Å². The summed E-state index contributed by atoms with van der Waals surface area (Å²) in [4.78, 5) is 36.3. The Labute approximate surface area is 155 Å². The Kier molecular flexibility index (Phi) is 4.86. The van der Waals surface area contributed by atoms with Crippen molar-refractivity contribution in [3.63, 3.8) is 0 Å². The Morgan fingerprint density at radius 1 is 1.23 bits per heavy atom. The lowest BCUT2D eigenvalue weighted by Gasteiger charge is -2.36. The highest BCUT2D eigenvalue weighted by Gasteiger charge is 2.38. The maximum absolute atomic E-state index is 13.1. The average molecular weight is 358 g/mol. The van der Waals surface area contributed by atoms with Crippen molar-refractivity contribution < 1.29 is 4.79 Å². The summed E-state index contributed by atoms with van der Waals surface area (Å²) in [5.74, 6) is 1.77. The van der Waals surface area contributed by atoms with E-state index in [0.29, 0.717) is 23.6 Å². The molecule has 4 fully saturated rings. The molecular formula is C20H30N4O2. The molecule has 1 saturated carbocycles. The molecule has 6 nitrogen and oxygen atoms in total. The highest BCUT2D eigenvalue weighted by Crippen LogP contribution is 2.35. The molecule has 1 aromatic heterocycles. The first-order chi connectivity index (χ1) is 12.5. The number of nitrogens with zero attached hydrogens (tertiary/aromatic N) is 3. The molecule has 0 radical (unpaired) electrons. The average Bonchev–Trinajstić information content (AvgIpc) is 3.40. The first-order valence-electron chi connectivity index (χ1n) is 10.1. The molecule has 6 heteroatoms. The molecule has 26 heavy (non-hydrogen) atoms. The molecule has 3 aliphatic heterocycles. The van der Waals surface area contributed by atoms with Crippen LogP contribution in [-0.2, 0) is 6.42 Å². The van der Waals surface area contributed by atoms with Gasteiger partial charge in [0.15, 0.2) is 0 Å². The van der Waals surface area contributed by atoms with Gasteiger partial charge in [0.05, 0.1) is 0 Å². The number of H-pyrrole nitrogens is 1. The van der Waals surface area contributed by atoms with E-state index in [9.17, 15) is 9.59 Å². The molecule has 4 heterocycles. The number of carbonyl (C=O) groups is 1. The zero-order valence-corrected chi connectivity index (χ0v) is 15.9. The van der Waals surface area contributed by atoms with Crippen molar-refractivity contribution in [2.75, 3.05) is 26.2 Å². The number of amides is 1. The number of nitrogens with one attached hydrogen (secondary N) is 1. The van der Waals surface area contributed by atoms with Crippen LogP contribution in [0.1, 0.15) is 55.7 Å². The van der Waals surface area contributed by atoms with Crippen molar-refractivity contribution >= 4 is 5.91 Å². The van der Waals surface area contributed by atoms with Crippen molar-refractivity contribution in [2.24, 2.45) is 17.8 Å². The van der Waals surface area contributed by atoms with E-state index in [2.05, 4.69) is 28.7 Å². The van der Waals surface area contributed by atoms with Gasteiger partial charge in [-0.2, -0.15) is 4.98 Å². The summed E-state index contributed by atoms with van der Waals surface area (Å²) in [6, 6.07) is 2.24. The maximum atomic E-state index is 13.1. The summed E-state index contributed by atoms with van der Waals surface area (Å²) in [5.41, 5.74) is 0.690. The molecule has 0 unspecified atom stereocenters. The minimum Gasteiger partial charge on any atom is -0.335 e. The molecule has 3 saturated heterocycles. The second-order valence-electron chi connectivity index (χ2n) is 8.90. The number of fused-ring (bicyclic) bond motifs is 4. The van der Waals surface area contributed by atoms with E-state index in [4.69, 9.17) is 0 Å². The van der Waals surface area contributed by atoms with Gasteiger partial charge in [-0.3, -0.25) is 9.69 Å². The zero-order valence-electron chi connectivity index (χ0n) is 15.9. The molecule has 0 spiro atoms. The lowest BCUT2D eigenvalue weighted by atomic mass is 9.95. The van der Waals surface area contributed by atoms with Gasteiger partial charge < -0.3 is 9.88 Å². The Bertz CT molecular complexity index is 725. The molecule has 4 aliphatic rings. The Balaban J connectivity index is 1.51. The highest BCUT2D eigenvalue weighted by atomic mass is 16.2. The van der Waals surface area contributed by atoms with Crippen molar-refractivity contribution in [2.45, 2.75) is 52.0 Å². The summed E-state index contributed by atoms with van der Waals surface area (Å²) >= 11 is 0. The van der Waals surface area contributed by atoms with Crippen LogP contribution in [-0.4, -0.2) is 57.9 Å². The van der Waals surface area contributed by atoms with Gasteiger partial charge in [0.25, 0.3) is 5.91 Å². The molecule has 2 bridgehead atoms. The molecule has 1 N–H and O–H groups in total. The number of hydrogen-bond acceptors (Lipinski definition) is 4. The van der Waals surface area contributed by atoms with Gasteiger partial charge in [-0.05, 0) is 55.9 Å². The number of aromatic nitrogens is 2.